The third kappa shape index (κ3) is 4.18. The highest BCUT2D eigenvalue weighted by molar-refractivity contribution is 5.75. The zero-order chi connectivity index (χ0) is 11.3. The summed E-state index contributed by atoms with van der Waals surface area (Å²) < 4.78 is 4.90. The molecule has 15 heavy (non-hydrogen) atoms. The predicted octanol–water partition coefficient (Wildman–Crippen LogP) is 0.642. The van der Waals surface area contributed by atoms with E-state index in [-0.39, 0.29) is 12.0 Å². The summed E-state index contributed by atoms with van der Waals surface area (Å²) in [6, 6.07) is 0. The van der Waals surface area contributed by atoms with Crippen LogP contribution in [0.2, 0.25) is 0 Å². The van der Waals surface area contributed by atoms with Gasteiger partial charge in [-0.25, -0.2) is 0 Å². The van der Waals surface area contributed by atoms with Crippen molar-refractivity contribution in [2.75, 3.05) is 27.3 Å². The molecule has 0 atom stereocenters. The van der Waals surface area contributed by atoms with Crippen molar-refractivity contribution >= 4 is 5.91 Å². The molecule has 1 rings (SSSR count). The van der Waals surface area contributed by atoms with E-state index in [4.69, 9.17) is 9.84 Å². The highest BCUT2D eigenvalue weighted by atomic mass is 16.5. The summed E-state index contributed by atoms with van der Waals surface area (Å²) in [4.78, 5) is 13.4. The Hall–Kier alpha value is -0.610. The molecule has 1 aliphatic rings. The number of ether oxygens (including phenoxy) is 1. The molecule has 1 amide bonds. The zero-order valence-corrected chi connectivity index (χ0v) is 9.61. The molecule has 1 aliphatic carbocycles. The Balaban J connectivity index is 2.10. The molecular formula is C11H21NO3. The first-order valence-corrected chi connectivity index (χ1v) is 5.54. The number of amides is 1. The molecule has 1 N–H and O–H groups in total. The average molecular weight is 215 g/mol. The molecule has 0 aromatic rings. The Morgan fingerprint density at radius 2 is 2.20 bits per heavy atom. The van der Waals surface area contributed by atoms with Crippen LogP contribution in [0.25, 0.3) is 0 Å². The van der Waals surface area contributed by atoms with Crippen molar-refractivity contribution in [3.8, 4) is 0 Å². The van der Waals surface area contributed by atoms with Crippen LogP contribution in [0.1, 0.15) is 25.7 Å². The highest BCUT2D eigenvalue weighted by Gasteiger charge is 2.28. The van der Waals surface area contributed by atoms with Crippen LogP contribution in [-0.2, 0) is 9.53 Å². The Morgan fingerprint density at radius 3 is 2.73 bits per heavy atom. The lowest BCUT2D eigenvalue weighted by Gasteiger charge is -2.34. The summed E-state index contributed by atoms with van der Waals surface area (Å²) in [5, 5.41) is 9.12. The Kier molecular flexibility index (Phi) is 5.05. The number of carbonyl (C=O) groups excluding carboxylic acids is 1. The molecule has 0 aliphatic heterocycles. The van der Waals surface area contributed by atoms with Crippen LogP contribution in [-0.4, -0.2) is 49.3 Å². The van der Waals surface area contributed by atoms with Gasteiger partial charge in [-0.3, -0.25) is 4.79 Å². The van der Waals surface area contributed by atoms with Crippen molar-refractivity contribution in [1.82, 2.24) is 4.90 Å². The SMILES string of the molecule is COCCCC(=O)N(C)CC1CC(O)C1. The van der Waals surface area contributed by atoms with E-state index in [2.05, 4.69) is 0 Å². The summed E-state index contributed by atoms with van der Waals surface area (Å²) in [7, 11) is 3.48. The van der Waals surface area contributed by atoms with Gasteiger partial charge in [-0.1, -0.05) is 0 Å². The van der Waals surface area contributed by atoms with E-state index in [9.17, 15) is 4.79 Å². The van der Waals surface area contributed by atoms with E-state index in [0.717, 1.165) is 25.8 Å². The first-order chi connectivity index (χ1) is 7.13. The Bertz CT molecular complexity index is 202. The smallest absolute Gasteiger partial charge is 0.222 e. The van der Waals surface area contributed by atoms with Gasteiger partial charge >= 0.3 is 0 Å². The quantitative estimate of drug-likeness (QED) is 0.662. The number of hydrogen-bond donors (Lipinski definition) is 1. The van der Waals surface area contributed by atoms with Gasteiger partial charge in [0.2, 0.25) is 5.91 Å². The first-order valence-electron chi connectivity index (χ1n) is 5.54. The summed E-state index contributed by atoms with van der Waals surface area (Å²) in [5.41, 5.74) is 0. The molecule has 4 heteroatoms. The van der Waals surface area contributed by atoms with E-state index >= 15 is 0 Å². The number of aliphatic hydroxyl groups is 1. The van der Waals surface area contributed by atoms with Gasteiger partial charge in [-0.05, 0) is 25.2 Å². The van der Waals surface area contributed by atoms with Crippen LogP contribution in [0.3, 0.4) is 0 Å². The summed E-state index contributed by atoms with van der Waals surface area (Å²) in [5.74, 6) is 0.671. The summed E-state index contributed by atoms with van der Waals surface area (Å²) >= 11 is 0. The molecule has 1 saturated carbocycles. The van der Waals surface area contributed by atoms with Gasteiger partial charge in [0.15, 0.2) is 0 Å². The minimum absolute atomic E-state index is 0.132. The predicted molar refractivity (Wildman–Crippen MR) is 57.5 cm³/mol. The number of aliphatic hydroxyl groups excluding tert-OH is 1. The third-order valence-corrected chi connectivity index (χ3v) is 2.91. The topological polar surface area (TPSA) is 49.8 Å². The minimum Gasteiger partial charge on any atom is -0.393 e. The number of nitrogens with zero attached hydrogens (tertiary/aromatic N) is 1. The fourth-order valence-electron chi connectivity index (χ4n) is 1.90. The molecule has 1 fully saturated rings. The summed E-state index contributed by atoms with van der Waals surface area (Å²) in [6.07, 6.45) is 2.89. The zero-order valence-electron chi connectivity index (χ0n) is 9.61. The van der Waals surface area contributed by atoms with E-state index in [1.54, 1.807) is 12.0 Å². The lowest BCUT2D eigenvalue weighted by Crippen LogP contribution is -2.39. The van der Waals surface area contributed by atoms with E-state index in [1.807, 2.05) is 7.05 Å². The lowest BCUT2D eigenvalue weighted by atomic mass is 9.82. The van der Waals surface area contributed by atoms with Gasteiger partial charge in [0.25, 0.3) is 0 Å². The van der Waals surface area contributed by atoms with Crippen LogP contribution in [0.4, 0.5) is 0 Å². The molecule has 4 nitrogen and oxygen atoms in total. The largest absolute Gasteiger partial charge is 0.393 e. The second-order valence-corrected chi connectivity index (χ2v) is 4.36. The Morgan fingerprint density at radius 1 is 1.53 bits per heavy atom. The summed E-state index contributed by atoms with van der Waals surface area (Å²) in [6.45, 7) is 1.42. The molecule has 0 saturated heterocycles. The van der Waals surface area contributed by atoms with Crippen molar-refractivity contribution in [2.24, 2.45) is 5.92 Å². The maximum atomic E-state index is 11.6. The maximum Gasteiger partial charge on any atom is 0.222 e. The molecule has 0 unspecified atom stereocenters. The van der Waals surface area contributed by atoms with Crippen LogP contribution >= 0.6 is 0 Å². The number of methoxy groups -OCH3 is 1. The van der Waals surface area contributed by atoms with Crippen LogP contribution in [0.5, 0.6) is 0 Å². The van der Waals surface area contributed by atoms with Gasteiger partial charge in [0, 0.05) is 33.7 Å². The number of carbonyl (C=O) groups is 1. The maximum absolute atomic E-state index is 11.6. The highest BCUT2D eigenvalue weighted by Crippen LogP contribution is 2.27. The van der Waals surface area contributed by atoms with E-state index < -0.39 is 0 Å². The Labute approximate surface area is 91.2 Å². The molecule has 0 radical (unpaired) electrons. The molecule has 0 spiro atoms. The third-order valence-electron chi connectivity index (χ3n) is 2.91. The second-order valence-electron chi connectivity index (χ2n) is 4.36. The van der Waals surface area contributed by atoms with E-state index in [1.165, 1.54) is 0 Å². The normalized spacial score (nSPS) is 24.7. The van der Waals surface area contributed by atoms with Crippen LogP contribution in [0.15, 0.2) is 0 Å². The lowest BCUT2D eigenvalue weighted by molar-refractivity contribution is -0.131. The van der Waals surface area contributed by atoms with Crippen LogP contribution < -0.4 is 0 Å². The molecular weight excluding hydrogens is 194 g/mol. The van der Waals surface area contributed by atoms with E-state index in [0.29, 0.717) is 18.9 Å². The first kappa shape index (κ1) is 12.5. The standard InChI is InChI=1S/C11H21NO3/c1-12(8-9-6-10(13)7-9)11(14)4-3-5-15-2/h9-10,13H,3-8H2,1-2H3. The fourth-order valence-corrected chi connectivity index (χ4v) is 1.90. The van der Waals surface area contributed by atoms with Crippen molar-refractivity contribution in [1.29, 1.82) is 0 Å². The monoisotopic (exact) mass is 215 g/mol. The average Bonchev–Trinajstić information content (AvgIpc) is 2.15. The van der Waals surface area contributed by atoms with Gasteiger partial charge in [0.1, 0.15) is 0 Å². The van der Waals surface area contributed by atoms with Gasteiger partial charge in [-0.2, -0.15) is 0 Å². The minimum atomic E-state index is -0.132. The fraction of sp³-hybridized carbons (Fsp3) is 0.909. The van der Waals surface area contributed by atoms with Gasteiger partial charge in [0.05, 0.1) is 6.10 Å². The molecule has 0 heterocycles. The molecule has 88 valence electrons. The number of hydrogen-bond acceptors (Lipinski definition) is 3. The van der Waals surface area contributed by atoms with Crippen molar-refractivity contribution in [3.63, 3.8) is 0 Å². The molecule has 0 aromatic heterocycles. The molecule has 0 bridgehead atoms. The molecule has 0 aromatic carbocycles. The van der Waals surface area contributed by atoms with Gasteiger partial charge in [-0.15, -0.1) is 0 Å². The second kappa shape index (κ2) is 6.08. The van der Waals surface area contributed by atoms with Crippen LogP contribution in [0, 0.1) is 5.92 Å². The number of rotatable bonds is 6. The van der Waals surface area contributed by atoms with Crippen molar-refractivity contribution in [2.45, 2.75) is 31.8 Å². The van der Waals surface area contributed by atoms with Crippen molar-refractivity contribution < 1.29 is 14.6 Å². The van der Waals surface area contributed by atoms with Crippen molar-refractivity contribution in [3.05, 3.63) is 0 Å². The van der Waals surface area contributed by atoms with Gasteiger partial charge < -0.3 is 14.7 Å².